The molecule has 2 aromatic carbocycles. The number of carbonyl (C=O) groups is 3. The number of hydrogen-bond donors (Lipinski definition) is 3. The molecule has 0 bridgehead atoms. The lowest BCUT2D eigenvalue weighted by Crippen LogP contribution is -2.29. The summed E-state index contributed by atoms with van der Waals surface area (Å²) in [5.41, 5.74) is 2.90. The molecule has 26 heavy (non-hydrogen) atoms. The first-order valence-corrected chi connectivity index (χ1v) is 8.36. The van der Waals surface area contributed by atoms with Crippen LogP contribution in [0.5, 0.6) is 0 Å². The molecule has 0 aliphatic rings. The molecule has 0 fully saturated rings. The average Bonchev–Trinajstić information content (AvgIpc) is 2.58. The number of hydrogen-bond acceptors (Lipinski definition) is 3. The Bertz CT molecular complexity index is 803. The largest absolute Gasteiger partial charge is 0.349 e. The lowest BCUT2D eigenvalue weighted by Gasteiger charge is -2.19. The summed E-state index contributed by atoms with van der Waals surface area (Å²) in [6, 6.07) is 14.2. The van der Waals surface area contributed by atoms with Crippen LogP contribution in [0.25, 0.3) is 0 Å². The molecule has 6 heteroatoms. The summed E-state index contributed by atoms with van der Waals surface area (Å²) in [5, 5.41) is 8.40. The van der Waals surface area contributed by atoms with E-state index >= 15 is 0 Å². The van der Waals surface area contributed by atoms with E-state index in [-0.39, 0.29) is 24.1 Å². The average molecular weight is 353 g/mol. The van der Waals surface area contributed by atoms with Crippen molar-refractivity contribution in [3.63, 3.8) is 0 Å². The van der Waals surface area contributed by atoms with Crippen molar-refractivity contribution < 1.29 is 14.4 Å². The molecule has 3 amide bonds. The molecule has 136 valence electrons. The molecule has 0 radical (unpaired) electrons. The summed E-state index contributed by atoms with van der Waals surface area (Å²) < 4.78 is 0. The quantitative estimate of drug-likeness (QED) is 0.745. The highest BCUT2D eigenvalue weighted by Gasteiger charge is 2.18. The normalized spacial score (nSPS) is 11.3. The first kappa shape index (κ1) is 19.2. The number of carbonyl (C=O) groups excluding carboxylic acids is 3. The van der Waals surface area contributed by atoms with Crippen LogP contribution in [0.3, 0.4) is 0 Å². The molecule has 0 heterocycles. The molecular formula is C20H23N3O3. The Morgan fingerprint density at radius 1 is 0.846 bits per heavy atom. The monoisotopic (exact) mass is 353 g/mol. The SMILES string of the molecule is CC(=O)Nc1cccc(NC(=O)CC(NC(C)=O)c2ccccc2)c1C. The number of rotatable bonds is 6. The summed E-state index contributed by atoms with van der Waals surface area (Å²) in [6.07, 6.45) is 0.105. The fourth-order valence-electron chi connectivity index (χ4n) is 2.67. The van der Waals surface area contributed by atoms with E-state index < -0.39 is 6.04 Å². The van der Waals surface area contributed by atoms with Crippen molar-refractivity contribution in [3.8, 4) is 0 Å². The molecule has 0 aliphatic heterocycles. The van der Waals surface area contributed by atoms with Crippen LogP contribution in [0.4, 0.5) is 11.4 Å². The highest BCUT2D eigenvalue weighted by atomic mass is 16.2. The minimum absolute atomic E-state index is 0.105. The van der Waals surface area contributed by atoms with Gasteiger partial charge in [-0.2, -0.15) is 0 Å². The van der Waals surface area contributed by atoms with Gasteiger partial charge in [-0.3, -0.25) is 14.4 Å². The van der Waals surface area contributed by atoms with Crippen LogP contribution in [0, 0.1) is 6.92 Å². The molecule has 0 aromatic heterocycles. The van der Waals surface area contributed by atoms with Gasteiger partial charge in [0, 0.05) is 25.2 Å². The standard InChI is InChI=1S/C20H23N3O3/c1-13-17(21-14(2)24)10-7-11-18(13)23-20(26)12-19(22-15(3)25)16-8-5-4-6-9-16/h4-11,19H,12H2,1-3H3,(H,21,24)(H,22,25)(H,23,26). The summed E-state index contributed by atoms with van der Waals surface area (Å²) in [7, 11) is 0. The van der Waals surface area contributed by atoms with E-state index in [1.165, 1.54) is 13.8 Å². The Balaban J connectivity index is 2.13. The van der Waals surface area contributed by atoms with Crippen molar-refractivity contribution in [2.45, 2.75) is 33.2 Å². The second-order valence-electron chi connectivity index (χ2n) is 6.08. The van der Waals surface area contributed by atoms with Crippen LogP contribution in [-0.4, -0.2) is 17.7 Å². The zero-order chi connectivity index (χ0) is 19.1. The molecule has 0 saturated heterocycles. The van der Waals surface area contributed by atoms with Gasteiger partial charge in [-0.25, -0.2) is 0 Å². The first-order chi connectivity index (χ1) is 12.4. The van der Waals surface area contributed by atoms with Gasteiger partial charge in [-0.05, 0) is 30.2 Å². The summed E-state index contributed by atoms with van der Waals surface area (Å²) in [6.45, 7) is 4.68. The smallest absolute Gasteiger partial charge is 0.226 e. The highest BCUT2D eigenvalue weighted by molar-refractivity contribution is 5.95. The molecule has 2 rings (SSSR count). The van der Waals surface area contributed by atoms with E-state index in [2.05, 4.69) is 16.0 Å². The second kappa shape index (κ2) is 8.80. The third-order valence-corrected chi connectivity index (χ3v) is 3.89. The van der Waals surface area contributed by atoms with Crippen LogP contribution in [0.15, 0.2) is 48.5 Å². The van der Waals surface area contributed by atoms with Crippen molar-refractivity contribution in [2.75, 3.05) is 10.6 Å². The van der Waals surface area contributed by atoms with Crippen LogP contribution in [0.1, 0.15) is 37.4 Å². The van der Waals surface area contributed by atoms with E-state index in [4.69, 9.17) is 0 Å². The maximum atomic E-state index is 12.5. The summed E-state index contributed by atoms with van der Waals surface area (Å²) in [4.78, 5) is 35.3. The van der Waals surface area contributed by atoms with Crippen molar-refractivity contribution in [2.24, 2.45) is 0 Å². The summed E-state index contributed by atoms with van der Waals surface area (Å²) in [5.74, 6) is -0.599. The van der Waals surface area contributed by atoms with Gasteiger partial charge < -0.3 is 16.0 Å². The lowest BCUT2D eigenvalue weighted by atomic mass is 10.0. The molecule has 3 N–H and O–H groups in total. The van der Waals surface area contributed by atoms with Gasteiger partial charge in [-0.1, -0.05) is 36.4 Å². The van der Waals surface area contributed by atoms with Gasteiger partial charge >= 0.3 is 0 Å². The van der Waals surface area contributed by atoms with Crippen LogP contribution in [0.2, 0.25) is 0 Å². The van der Waals surface area contributed by atoms with Gasteiger partial charge in [0.15, 0.2) is 0 Å². The molecule has 1 atom stereocenters. The molecule has 0 saturated carbocycles. The van der Waals surface area contributed by atoms with E-state index in [1.54, 1.807) is 18.2 Å². The Kier molecular flexibility index (Phi) is 6.49. The maximum Gasteiger partial charge on any atom is 0.226 e. The predicted octanol–water partition coefficient (Wildman–Crippen LogP) is 3.16. The third-order valence-electron chi connectivity index (χ3n) is 3.89. The fraction of sp³-hybridized carbons (Fsp3) is 0.250. The van der Waals surface area contributed by atoms with Gasteiger partial charge in [0.25, 0.3) is 0 Å². The highest BCUT2D eigenvalue weighted by Crippen LogP contribution is 2.24. The van der Waals surface area contributed by atoms with Crippen molar-refractivity contribution >= 4 is 29.1 Å². The Labute approximate surface area is 153 Å². The molecule has 2 aromatic rings. The van der Waals surface area contributed by atoms with Gasteiger partial charge in [-0.15, -0.1) is 0 Å². The molecule has 0 aliphatic carbocycles. The van der Waals surface area contributed by atoms with E-state index in [0.717, 1.165) is 11.1 Å². The van der Waals surface area contributed by atoms with E-state index in [1.807, 2.05) is 37.3 Å². The van der Waals surface area contributed by atoms with E-state index in [9.17, 15) is 14.4 Å². The lowest BCUT2D eigenvalue weighted by molar-refractivity contribution is -0.120. The molecule has 1 unspecified atom stereocenters. The zero-order valence-corrected chi connectivity index (χ0v) is 15.1. The Morgan fingerprint density at radius 3 is 2.04 bits per heavy atom. The van der Waals surface area contributed by atoms with Gasteiger partial charge in [0.05, 0.1) is 12.5 Å². The summed E-state index contributed by atoms with van der Waals surface area (Å²) >= 11 is 0. The van der Waals surface area contributed by atoms with Crippen LogP contribution in [-0.2, 0) is 14.4 Å². The third kappa shape index (κ3) is 5.44. The molecular weight excluding hydrogens is 330 g/mol. The zero-order valence-electron chi connectivity index (χ0n) is 15.1. The minimum atomic E-state index is -0.410. The minimum Gasteiger partial charge on any atom is -0.349 e. The number of nitrogens with one attached hydrogen (secondary N) is 3. The number of amides is 3. The Hall–Kier alpha value is -3.15. The molecule has 0 spiro atoms. The van der Waals surface area contributed by atoms with Crippen molar-refractivity contribution in [1.82, 2.24) is 5.32 Å². The topological polar surface area (TPSA) is 87.3 Å². The van der Waals surface area contributed by atoms with Crippen LogP contribution >= 0.6 is 0 Å². The van der Waals surface area contributed by atoms with E-state index in [0.29, 0.717) is 11.4 Å². The first-order valence-electron chi connectivity index (χ1n) is 8.36. The van der Waals surface area contributed by atoms with Gasteiger partial charge in [0.1, 0.15) is 0 Å². The fourth-order valence-corrected chi connectivity index (χ4v) is 2.67. The maximum absolute atomic E-state index is 12.5. The molecule has 6 nitrogen and oxygen atoms in total. The van der Waals surface area contributed by atoms with Crippen molar-refractivity contribution in [1.29, 1.82) is 0 Å². The number of anilines is 2. The van der Waals surface area contributed by atoms with Crippen molar-refractivity contribution in [3.05, 3.63) is 59.7 Å². The van der Waals surface area contributed by atoms with Gasteiger partial charge in [0.2, 0.25) is 17.7 Å². The van der Waals surface area contributed by atoms with Crippen LogP contribution < -0.4 is 16.0 Å². The number of benzene rings is 2. The second-order valence-corrected chi connectivity index (χ2v) is 6.08. The predicted molar refractivity (Wildman–Crippen MR) is 102 cm³/mol. The Morgan fingerprint density at radius 2 is 1.46 bits per heavy atom.